The second-order valence-electron chi connectivity index (χ2n) is 2.23. The molecule has 0 aliphatic rings. The van der Waals surface area contributed by atoms with Gasteiger partial charge >= 0.3 is 11.6 Å². The maximum Gasteiger partial charge on any atom is 0.335 e. The van der Waals surface area contributed by atoms with Gasteiger partial charge in [-0.2, -0.15) is 8.42 Å². The fourth-order valence-electron chi connectivity index (χ4n) is 0.807. The van der Waals surface area contributed by atoms with Gasteiger partial charge in [0.2, 0.25) is 0 Å². The summed E-state index contributed by atoms with van der Waals surface area (Å²) in [4.78, 5) is 0. The minimum absolute atomic E-state index is 0.750. The largest absolute Gasteiger partial charge is 0.335 e. The van der Waals surface area contributed by atoms with E-state index >= 15 is 0 Å². The summed E-state index contributed by atoms with van der Waals surface area (Å²) in [5, 5.41) is 0. The zero-order valence-electron chi connectivity index (χ0n) is 8.53. The lowest BCUT2D eigenvalue weighted by molar-refractivity contribution is 0.630. The fourth-order valence-corrected chi connectivity index (χ4v) is 0.807. The van der Waals surface area contributed by atoms with Crippen LogP contribution in [0.4, 0.5) is 0 Å². The summed E-state index contributed by atoms with van der Waals surface area (Å²) in [6.07, 6.45) is 0. The van der Waals surface area contributed by atoms with Gasteiger partial charge in [0.15, 0.2) is 0 Å². The van der Waals surface area contributed by atoms with Crippen LogP contribution in [0.25, 0.3) is 0 Å². The van der Waals surface area contributed by atoms with Gasteiger partial charge in [-0.15, -0.1) is 0 Å². The van der Waals surface area contributed by atoms with Crippen LogP contribution in [-0.4, -0.2) is 8.42 Å². The number of hydrogen-bond donors (Lipinski definition) is 0. The van der Waals surface area contributed by atoms with Crippen LogP contribution in [0, 0.1) is 13.8 Å². The minimum atomic E-state index is -0.750. The van der Waals surface area contributed by atoms with Crippen LogP contribution < -0.4 is 0 Å². The lowest BCUT2D eigenvalue weighted by atomic mass is 10.2. The molecule has 1 aromatic carbocycles. The monoisotopic (exact) mass is 200 g/mol. The van der Waals surface area contributed by atoms with E-state index in [-0.39, 0.29) is 0 Å². The molecular formula is C10H16O2S. The van der Waals surface area contributed by atoms with Gasteiger partial charge in [0.25, 0.3) is 0 Å². The molecule has 74 valence electrons. The Balaban J connectivity index is 0. The zero-order chi connectivity index (χ0) is 10.7. The average molecular weight is 200 g/mol. The van der Waals surface area contributed by atoms with Gasteiger partial charge in [-0.1, -0.05) is 49.2 Å². The first kappa shape index (κ1) is 14.6. The maximum atomic E-state index is 8.29. The van der Waals surface area contributed by atoms with E-state index in [9.17, 15) is 0 Å². The van der Waals surface area contributed by atoms with E-state index < -0.39 is 11.6 Å². The summed E-state index contributed by atoms with van der Waals surface area (Å²) in [5.41, 5.74) is 2.68. The molecule has 0 bridgehead atoms. The average Bonchev–Trinajstić information content (AvgIpc) is 2.08. The second kappa shape index (κ2) is 11.0. The van der Waals surface area contributed by atoms with E-state index in [0.29, 0.717) is 0 Å². The standard InChI is InChI=1S/C8H10.C2H6.O2S/c1-7-4-3-5-8(2)6-7;1-2;1-3-2/h3-6H,1-2H3;1-2H3;. The summed E-state index contributed by atoms with van der Waals surface area (Å²) < 4.78 is 16.6. The molecule has 13 heavy (non-hydrogen) atoms. The lowest BCUT2D eigenvalue weighted by Crippen LogP contribution is -1.71. The molecule has 3 heteroatoms. The molecule has 0 spiro atoms. The Morgan fingerprint density at radius 3 is 1.46 bits per heavy atom. The quantitative estimate of drug-likeness (QED) is 0.645. The van der Waals surface area contributed by atoms with Gasteiger partial charge in [0.1, 0.15) is 0 Å². The molecule has 2 nitrogen and oxygen atoms in total. The van der Waals surface area contributed by atoms with Crippen molar-refractivity contribution in [1.82, 2.24) is 0 Å². The van der Waals surface area contributed by atoms with Crippen LogP contribution >= 0.6 is 0 Å². The van der Waals surface area contributed by atoms with E-state index in [1.165, 1.54) is 11.1 Å². The molecule has 0 aliphatic carbocycles. The highest BCUT2D eigenvalue weighted by Gasteiger charge is 1.80. The SMILES string of the molecule is CC.Cc1cccc(C)c1.O=S=O. The molecule has 0 fully saturated rings. The molecular weight excluding hydrogens is 184 g/mol. The number of rotatable bonds is 0. The molecule has 0 saturated heterocycles. The first-order chi connectivity index (χ1) is 6.20. The van der Waals surface area contributed by atoms with Gasteiger partial charge in [-0.05, 0) is 13.8 Å². The number of hydrogen-bond acceptors (Lipinski definition) is 2. The van der Waals surface area contributed by atoms with Gasteiger partial charge in [0, 0.05) is 0 Å². The number of aryl methyl sites for hydroxylation is 2. The smallest absolute Gasteiger partial charge is 0.168 e. The van der Waals surface area contributed by atoms with Crippen molar-refractivity contribution in [3.05, 3.63) is 35.4 Å². The summed E-state index contributed by atoms with van der Waals surface area (Å²) >= 11 is -0.750. The molecule has 0 heterocycles. The van der Waals surface area contributed by atoms with Crippen LogP contribution in [0.3, 0.4) is 0 Å². The van der Waals surface area contributed by atoms with Crippen molar-refractivity contribution >= 4 is 11.6 Å². The van der Waals surface area contributed by atoms with E-state index in [1.807, 2.05) is 13.8 Å². The van der Waals surface area contributed by atoms with E-state index in [1.54, 1.807) is 0 Å². The van der Waals surface area contributed by atoms with Gasteiger partial charge in [0.05, 0.1) is 0 Å². The highest BCUT2D eigenvalue weighted by molar-refractivity contribution is 7.51. The van der Waals surface area contributed by atoms with Crippen molar-refractivity contribution in [3.63, 3.8) is 0 Å². The Hall–Kier alpha value is -0.960. The Labute approximate surface area is 83.6 Å². The molecule has 0 saturated carbocycles. The summed E-state index contributed by atoms with van der Waals surface area (Å²) in [7, 11) is 0. The lowest BCUT2D eigenvalue weighted by Gasteiger charge is -1.90. The van der Waals surface area contributed by atoms with Crippen LogP contribution in [-0.2, 0) is 11.6 Å². The van der Waals surface area contributed by atoms with E-state index in [4.69, 9.17) is 8.42 Å². The number of benzene rings is 1. The summed E-state index contributed by atoms with van der Waals surface area (Å²) in [6, 6.07) is 8.45. The normalized spacial score (nSPS) is 7.08. The molecule has 0 amide bonds. The highest BCUT2D eigenvalue weighted by Crippen LogP contribution is 2.00. The molecule has 1 aromatic rings. The van der Waals surface area contributed by atoms with Crippen molar-refractivity contribution < 1.29 is 8.42 Å². The highest BCUT2D eigenvalue weighted by atomic mass is 32.1. The maximum absolute atomic E-state index is 8.29. The van der Waals surface area contributed by atoms with Crippen LogP contribution in [0.1, 0.15) is 25.0 Å². The fraction of sp³-hybridized carbons (Fsp3) is 0.400. The van der Waals surface area contributed by atoms with Crippen molar-refractivity contribution in [2.24, 2.45) is 0 Å². The molecule has 0 aromatic heterocycles. The minimum Gasteiger partial charge on any atom is -0.168 e. The Morgan fingerprint density at radius 1 is 1.00 bits per heavy atom. The molecule has 0 radical (unpaired) electrons. The van der Waals surface area contributed by atoms with Gasteiger partial charge in [-0.25, -0.2) is 0 Å². The van der Waals surface area contributed by atoms with Crippen molar-refractivity contribution in [2.75, 3.05) is 0 Å². The molecule has 1 rings (SSSR count). The summed E-state index contributed by atoms with van der Waals surface area (Å²) in [5.74, 6) is 0. The van der Waals surface area contributed by atoms with Crippen molar-refractivity contribution in [1.29, 1.82) is 0 Å². The third-order valence-electron chi connectivity index (χ3n) is 1.17. The topological polar surface area (TPSA) is 34.1 Å². The van der Waals surface area contributed by atoms with Crippen molar-refractivity contribution in [2.45, 2.75) is 27.7 Å². The third-order valence-corrected chi connectivity index (χ3v) is 1.17. The Morgan fingerprint density at radius 2 is 1.31 bits per heavy atom. The van der Waals surface area contributed by atoms with Gasteiger partial charge in [-0.3, -0.25) is 0 Å². The zero-order valence-corrected chi connectivity index (χ0v) is 9.35. The Bertz CT molecular complexity index is 236. The molecule has 0 unspecified atom stereocenters. The molecule has 0 atom stereocenters. The first-order valence-corrected chi connectivity index (χ1v) is 4.82. The molecule has 0 N–H and O–H groups in total. The van der Waals surface area contributed by atoms with Crippen molar-refractivity contribution in [3.8, 4) is 0 Å². The van der Waals surface area contributed by atoms with E-state index in [2.05, 4.69) is 38.1 Å². The Kier molecular flexibility index (Phi) is 12.4. The van der Waals surface area contributed by atoms with Gasteiger partial charge < -0.3 is 0 Å². The first-order valence-electron chi connectivity index (χ1n) is 4.15. The third kappa shape index (κ3) is 11.0. The van der Waals surface area contributed by atoms with Crippen LogP contribution in [0.5, 0.6) is 0 Å². The predicted octanol–water partition coefficient (Wildman–Crippen LogP) is 2.66. The van der Waals surface area contributed by atoms with Crippen LogP contribution in [0.15, 0.2) is 24.3 Å². The predicted molar refractivity (Wildman–Crippen MR) is 56.2 cm³/mol. The summed E-state index contributed by atoms with van der Waals surface area (Å²) in [6.45, 7) is 8.21. The second-order valence-corrected chi connectivity index (χ2v) is 2.36. The molecule has 0 aliphatic heterocycles. The van der Waals surface area contributed by atoms with E-state index in [0.717, 1.165) is 0 Å². The van der Waals surface area contributed by atoms with Crippen LogP contribution in [0.2, 0.25) is 0 Å².